The molecule has 4 bridgehead atoms. The minimum atomic E-state index is 0.109. The Morgan fingerprint density at radius 1 is 1.05 bits per heavy atom. The summed E-state index contributed by atoms with van der Waals surface area (Å²) in [6.45, 7) is 3.55. The van der Waals surface area contributed by atoms with Crippen molar-refractivity contribution >= 4 is 5.78 Å². The van der Waals surface area contributed by atoms with Gasteiger partial charge in [0.05, 0.1) is 0 Å². The molecule has 5 rings (SSSR count). The topological polar surface area (TPSA) is 17.1 Å². The molecular formula is C20H24O. The molecule has 0 unspecified atom stereocenters. The molecule has 4 aliphatic carbocycles. The summed E-state index contributed by atoms with van der Waals surface area (Å²) in [5, 5.41) is 0. The second-order valence-electron chi connectivity index (χ2n) is 7.74. The van der Waals surface area contributed by atoms with Gasteiger partial charge in [0.25, 0.3) is 0 Å². The fourth-order valence-corrected chi connectivity index (χ4v) is 5.71. The largest absolute Gasteiger partial charge is 0.295 e. The third-order valence-corrected chi connectivity index (χ3v) is 6.21. The molecule has 0 aromatic heterocycles. The SMILES string of the molecule is C=CC(=O)Cc1ccc(C23CC4CC(CC(C4)C2)C3)cc1. The Bertz CT molecular complexity index is 531. The number of rotatable bonds is 4. The lowest BCUT2D eigenvalue weighted by atomic mass is 9.48. The minimum Gasteiger partial charge on any atom is -0.295 e. The monoisotopic (exact) mass is 280 g/mol. The Balaban J connectivity index is 1.59. The van der Waals surface area contributed by atoms with Gasteiger partial charge in [-0.1, -0.05) is 30.8 Å². The van der Waals surface area contributed by atoms with Crippen LogP contribution in [-0.4, -0.2) is 5.78 Å². The molecule has 0 N–H and O–H groups in total. The highest BCUT2D eigenvalue weighted by molar-refractivity contribution is 5.90. The van der Waals surface area contributed by atoms with Crippen LogP contribution in [0.1, 0.15) is 49.7 Å². The quantitative estimate of drug-likeness (QED) is 0.745. The Kier molecular flexibility index (Phi) is 3.06. The summed E-state index contributed by atoms with van der Waals surface area (Å²) in [6.07, 6.45) is 10.6. The maximum Gasteiger partial charge on any atom is 0.159 e. The molecule has 4 saturated carbocycles. The number of carbonyl (C=O) groups excluding carboxylic acids is 1. The molecule has 0 heterocycles. The zero-order valence-corrected chi connectivity index (χ0v) is 12.7. The van der Waals surface area contributed by atoms with Crippen molar-refractivity contribution in [3.8, 4) is 0 Å². The molecule has 1 nitrogen and oxygen atoms in total. The smallest absolute Gasteiger partial charge is 0.159 e. The maximum absolute atomic E-state index is 11.5. The maximum atomic E-state index is 11.5. The second kappa shape index (κ2) is 4.83. The first-order valence-electron chi connectivity index (χ1n) is 8.41. The summed E-state index contributed by atoms with van der Waals surface area (Å²) < 4.78 is 0. The van der Waals surface area contributed by atoms with Crippen molar-refractivity contribution in [1.82, 2.24) is 0 Å². The van der Waals surface area contributed by atoms with Crippen molar-refractivity contribution in [3.63, 3.8) is 0 Å². The fourth-order valence-electron chi connectivity index (χ4n) is 5.71. The Hall–Kier alpha value is -1.37. The molecule has 0 radical (unpaired) electrons. The first kappa shape index (κ1) is 13.3. The lowest BCUT2D eigenvalue weighted by Crippen LogP contribution is -2.48. The van der Waals surface area contributed by atoms with E-state index in [1.165, 1.54) is 50.2 Å². The molecule has 0 spiro atoms. The van der Waals surface area contributed by atoms with Gasteiger partial charge in [-0.25, -0.2) is 0 Å². The second-order valence-corrected chi connectivity index (χ2v) is 7.74. The first-order chi connectivity index (χ1) is 10.2. The summed E-state index contributed by atoms with van der Waals surface area (Å²) in [7, 11) is 0. The fraction of sp³-hybridized carbons (Fsp3) is 0.550. The molecule has 4 fully saturated rings. The van der Waals surface area contributed by atoms with E-state index in [4.69, 9.17) is 0 Å². The highest BCUT2D eigenvalue weighted by Crippen LogP contribution is 2.60. The van der Waals surface area contributed by atoms with Crippen molar-refractivity contribution in [2.75, 3.05) is 0 Å². The van der Waals surface area contributed by atoms with Crippen LogP contribution in [0.2, 0.25) is 0 Å². The van der Waals surface area contributed by atoms with E-state index >= 15 is 0 Å². The van der Waals surface area contributed by atoms with Gasteiger partial charge in [-0.15, -0.1) is 0 Å². The van der Waals surface area contributed by atoms with Gasteiger partial charge in [0, 0.05) is 6.42 Å². The average Bonchev–Trinajstić information content (AvgIpc) is 2.46. The van der Waals surface area contributed by atoms with Crippen molar-refractivity contribution in [2.45, 2.75) is 50.4 Å². The van der Waals surface area contributed by atoms with Crippen LogP contribution in [0.4, 0.5) is 0 Å². The molecule has 0 saturated heterocycles. The molecule has 1 aromatic rings. The zero-order chi connectivity index (χ0) is 14.4. The van der Waals surface area contributed by atoms with Crippen LogP contribution in [0.3, 0.4) is 0 Å². The lowest BCUT2D eigenvalue weighted by molar-refractivity contribution is -0.114. The minimum absolute atomic E-state index is 0.109. The summed E-state index contributed by atoms with van der Waals surface area (Å²) in [4.78, 5) is 11.5. The Labute approximate surface area is 127 Å². The van der Waals surface area contributed by atoms with E-state index in [1.54, 1.807) is 0 Å². The highest BCUT2D eigenvalue weighted by Gasteiger charge is 2.51. The standard InChI is InChI=1S/C20H24O/c1-2-19(21)10-14-3-5-18(6-4-14)20-11-15-7-16(12-20)9-17(8-15)13-20/h2-6,15-17H,1,7-13H2. The van der Waals surface area contributed by atoms with Gasteiger partial charge in [0.2, 0.25) is 0 Å². The Morgan fingerprint density at radius 2 is 1.57 bits per heavy atom. The molecular weight excluding hydrogens is 256 g/mol. The van der Waals surface area contributed by atoms with E-state index in [1.807, 2.05) is 0 Å². The van der Waals surface area contributed by atoms with E-state index in [0.29, 0.717) is 11.8 Å². The number of benzene rings is 1. The summed E-state index contributed by atoms with van der Waals surface area (Å²) in [5.74, 6) is 3.06. The molecule has 21 heavy (non-hydrogen) atoms. The molecule has 0 atom stereocenters. The molecule has 1 aromatic carbocycles. The van der Waals surface area contributed by atoms with Crippen molar-refractivity contribution in [1.29, 1.82) is 0 Å². The normalized spacial score (nSPS) is 36.7. The predicted molar refractivity (Wildman–Crippen MR) is 85.2 cm³/mol. The van der Waals surface area contributed by atoms with Gasteiger partial charge in [0.15, 0.2) is 5.78 Å². The third kappa shape index (κ3) is 2.27. The van der Waals surface area contributed by atoms with Gasteiger partial charge in [0.1, 0.15) is 0 Å². The van der Waals surface area contributed by atoms with Crippen molar-refractivity contribution in [3.05, 3.63) is 48.0 Å². The number of allylic oxidation sites excluding steroid dienone is 1. The van der Waals surface area contributed by atoms with Crippen molar-refractivity contribution < 1.29 is 4.79 Å². The first-order valence-corrected chi connectivity index (χ1v) is 8.41. The molecule has 110 valence electrons. The van der Waals surface area contributed by atoms with Gasteiger partial charge >= 0.3 is 0 Å². The van der Waals surface area contributed by atoms with E-state index in [9.17, 15) is 4.79 Å². The van der Waals surface area contributed by atoms with E-state index in [-0.39, 0.29) is 5.78 Å². The van der Waals surface area contributed by atoms with E-state index in [0.717, 1.165) is 23.3 Å². The van der Waals surface area contributed by atoms with Crippen LogP contribution in [0.25, 0.3) is 0 Å². The number of hydrogen-bond acceptors (Lipinski definition) is 1. The van der Waals surface area contributed by atoms with Crippen LogP contribution in [0.15, 0.2) is 36.9 Å². The zero-order valence-electron chi connectivity index (χ0n) is 12.7. The van der Waals surface area contributed by atoms with E-state index in [2.05, 4.69) is 30.8 Å². The summed E-state index contributed by atoms with van der Waals surface area (Å²) >= 11 is 0. The molecule has 0 aliphatic heterocycles. The van der Waals surface area contributed by atoms with Gasteiger partial charge in [-0.3, -0.25) is 4.79 Å². The van der Waals surface area contributed by atoms with Crippen LogP contribution >= 0.6 is 0 Å². The highest BCUT2D eigenvalue weighted by atomic mass is 16.1. The van der Waals surface area contributed by atoms with Gasteiger partial charge < -0.3 is 0 Å². The summed E-state index contributed by atoms with van der Waals surface area (Å²) in [6, 6.07) is 8.93. The van der Waals surface area contributed by atoms with Crippen LogP contribution in [0.5, 0.6) is 0 Å². The third-order valence-electron chi connectivity index (χ3n) is 6.21. The number of ketones is 1. The summed E-state index contributed by atoms with van der Waals surface area (Å²) in [5.41, 5.74) is 3.13. The Morgan fingerprint density at radius 3 is 2.05 bits per heavy atom. The van der Waals surface area contributed by atoms with Crippen molar-refractivity contribution in [2.24, 2.45) is 17.8 Å². The van der Waals surface area contributed by atoms with Crippen LogP contribution in [0, 0.1) is 17.8 Å². The van der Waals surface area contributed by atoms with E-state index < -0.39 is 0 Å². The van der Waals surface area contributed by atoms with Crippen LogP contribution < -0.4 is 0 Å². The average molecular weight is 280 g/mol. The molecule has 4 aliphatic rings. The van der Waals surface area contributed by atoms with Gasteiger partial charge in [-0.2, -0.15) is 0 Å². The molecule has 1 heteroatoms. The van der Waals surface area contributed by atoms with Crippen LogP contribution in [-0.2, 0) is 16.6 Å². The van der Waals surface area contributed by atoms with Gasteiger partial charge in [-0.05, 0) is 78.9 Å². The number of carbonyl (C=O) groups is 1. The lowest BCUT2D eigenvalue weighted by Gasteiger charge is -2.57. The predicted octanol–water partition coefficient (Wildman–Crippen LogP) is 4.45. The molecule has 0 amide bonds. The number of hydrogen-bond donors (Lipinski definition) is 0.